The smallest absolute Gasteiger partial charge is 0.434 e. The highest BCUT2D eigenvalue weighted by molar-refractivity contribution is 5.59. The Kier molecular flexibility index (Phi) is 6.10. The van der Waals surface area contributed by atoms with Gasteiger partial charge in [-0.3, -0.25) is 10.1 Å². The third-order valence-corrected chi connectivity index (χ3v) is 2.74. The van der Waals surface area contributed by atoms with E-state index in [2.05, 4.69) is 0 Å². The molecule has 0 amide bonds. The molecule has 0 atom stereocenters. The van der Waals surface area contributed by atoms with E-state index in [0.717, 1.165) is 5.56 Å². The van der Waals surface area contributed by atoms with Crippen molar-refractivity contribution in [3.8, 4) is 0 Å². The molecule has 1 aromatic carbocycles. The van der Waals surface area contributed by atoms with E-state index >= 15 is 0 Å². The zero-order valence-electron chi connectivity index (χ0n) is 12.6. The van der Waals surface area contributed by atoms with E-state index in [-0.39, 0.29) is 12.3 Å². The second-order valence-corrected chi connectivity index (χ2v) is 5.63. The highest BCUT2D eigenvalue weighted by atomic mass is 16.7. The number of quaternary nitrogens is 1. The summed E-state index contributed by atoms with van der Waals surface area (Å²) in [4.78, 5) is 21.4. The van der Waals surface area contributed by atoms with Gasteiger partial charge in [-0.1, -0.05) is 12.1 Å². The summed E-state index contributed by atoms with van der Waals surface area (Å²) >= 11 is 0. The number of non-ortho nitro benzene ring substituents is 1. The third kappa shape index (κ3) is 7.26. The molecule has 0 N–H and O–H groups in total. The highest BCUT2D eigenvalue weighted by Gasteiger charge is 2.10. The number of carbonyl (C=O) groups excluding carboxylic acids is 1. The summed E-state index contributed by atoms with van der Waals surface area (Å²) in [5, 5.41) is 10.5. The van der Waals surface area contributed by atoms with Gasteiger partial charge < -0.3 is 14.0 Å². The molecule has 0 aliphatic carbocycles. The van der Waals surface area contributed by atoms with E-state index in [4.69, 9.17) is 9.47 Å². The molecule has 7 nitrogen and oxygen atoms in total. The largest absolute Gasteiger partial charge is 0.508 e. The fourth-order valence-corrected chi connectivity index (χ4v) is 1.48. The Hall–Kier alpha value is -2.15. The Morgan fingerprint density at radius 3 is 2.24 bits per heavy atom. The molecule has 0 aliphatic rings. The molecule has 0 heterocycles. The van der Waals surface area contributed by atoms with Crippen LogP contribution in [0.4, 0.5) is 10.5 Å². The minimum absolute atomic E-state index is 0.0411. The summed E-state index contributed by atoms with van der Waals surface area (Å²) in [6.07, 6.45) is -0.201. The van der Waals surface area contributed by atoms with E-state index in [1.54, 1.807) is 12.1 Å². The van der Waals surface area contributed by atoms with Crippen LogP contribution in [-0.2, 0) is 15.9 Å². The maximum atomic E-state index is 11.3. The summed E-state index contributed by atoms with van der Waals surface area (Å²) in [6, 6.07) is 6.14. The number of nitro groups is 1. The first-order valence-electron chi connectivity index (χ1n) is 6.61. The van der Waals surface area contributed by atoms with Gasteiger partial charge in [0.25, 0.3) is 5.69 Å². The van der Waals surface area contributed by atoms with Crippen LogP contribution in [0.1, 0.15) is 5.56 Å². The molecule has 0 radical (unpaired) electrons. The zero-order valence-corrected chi connectivity index (χ0v) is 12.6. The van der Waals surface area contributed by atoms with Crippen molar-refractivity contribution in [3.05, 3.63) is 39.9 Å². The van der Waals surface area contributed by atoms with Crippen molar-refractivity contribution < 1.29 is 23.7 Å². The lowest BCUT2D eigenvalue weighted by molar-refractivity contribution is -0.870. The summed E-state index contributed by atoms with van der Waals surface area (Å²) < 4.78 is 10.6. The quantitative estimate of drug-likeness (QED) is 0.333. The van der Waals surface area contributed by atoms with Crippen LogP contribution in [0.15, 0.2) is 24.3 Å². The monoisotopic (exact) mass is 297 g/mol. The predicted octanol–water partition coefficient (Wildman–Crippen LogP) is 2.00. The molecule has 116 valence electrons. The first-order chi connectivity index (χ1) is 9.78. The van der Waals surface area contributed by atoms with Gasteiger partial charge in [-0.15, -0.1) is 0 Å². The molecular formula is C14H21N2O5+. The Balaban J connectivity index is 2.24. The van der Waals surface area contributed by atoms with Crippen LogP contribution in [0.25, 0.3) is 0 Å². The predicted molar refractivity (Wildman–Crippen MR) is 77.0 cm³/mol. The number of rotatable bonds is 7. The topological polar surface area (TPSA) is 78.7 Å². The number of benzene rings is 1. The lowest BCUT2D eigenvalue weighted by Crippen LogP contribution is -2.38. The van der Waals surface area contributed by atoms with Crippen molar-refractivity contribution >= 4 is 11.8 Å². The Labute approximate surface area is 123 Å². The van der Waals surface area contributed by atoms with E-state index in [0.29, 0.717) is 24.1 Å². The maximum Gasteiger partial charge on any atom is 0.508 e. The second kappa shape index (κ2) is 7.58. The van der Waals surface area contributed by atoms with Crippen LogP contribution in [0.5, 0.6) is 0 Å². The number of hydrogen-bond acceptors (Lipinski definition) is 5. The summed E-state index contributed by atoms with van der Waals surface area (Å²) in [5.74, 6) is 0. The van der Waals surface area contributed by atoms with Gasteiger partial charge in [0.15, 0.2) is 0 Å². The van der Waals surface area contributed by atoms with Crippen LogP contribution in [0.2, 0.25) is 0 Å². The summed E-state index contributed by atoms with van der Waals surface area (Å²) in [5.41, 5.74) is 0.902. The Morgan fingerprint density at radius 1 is 1.14 bits per heavy atom. The summed E-state index contributed by atoms with van der Waals surface area (Å²) in [6.45, 7) is 1.19. The number of ether oxygens (including phenoxy) is 2. The van der Waals surface area contributed by atoms with Crippen molar-refractivity contribution in [1.29, 1.82) is 0 Å². The third-order valence-electron chi connectivity index (χ3n) is 2.74. The lowest BCUT2D eigenvalue weighted by atomic mass is 10.1. The Bertz CT molecular complexity index is 479. The van der Waals surface area contributed by atoms with E-state index in [1.165, 1.54) is 12.1 Å². The molecular weight excluding hydrogens is 276 g/mol. The van der Waals surface area contributed by atoms with Crippen molar-refractivity contribution in [2.24, 2.45) is 0 Å². The Morgan fingerprint density at radius 2 is 1.71 bits per heavy atom. The molecule has 0 saturated heterocycles. The highest BCUT2D eigenvalue weighted by Crippen LogP contribution is 2.12. The van der Waals surface area contributed by atoms with Crippen LogP contribution < -0.4 is 0 Å². The van der Waals surface area contributed by atoms with Crippen LogP contribution in [-0.4, -0.2) is 56.5 Å². The van der Waals surface area contributed by atoms with Gasteiger partial charge in [0.05, 0.1) is 32.7 Å². The minimum atomic E-state index is -0.689. The molecule has 21 heavy (non-hydrogen) atoms. The molecule has 0 fully saturated rings. The normalized spacial score (nSPS) is 11.0. The number of hydrogen-bond donors (Lipinski definition) is 0. The molecule has 7 heteroatoms. The number of nitro benzene ring substituents is 1. The average molecular weight is 297 g/mol. The average Bonchev–Trinajstić information content (AvgIpc) is 2.37. The van der Waals surface area contributed by atoms with Gasteiger partial charge in [-0.05, 0) is 5.56 Å². The van der Waals surface area contributed by atoms with Crippen LogP contribution in [0, 0.1) is 10.1 Å². The van der Waals surface area contributed by atoms with E-state index in [9.17, 15) is 14.9 Å². The van der Waals surface area contributed by atoms with Gasteiger partial charge in [-0.25, -0.2) is 4.79 Å². The minimum Gasteiger partial charge on any atom is -0.434 e. The SMILES string of the molecule is C[N+](C)(C)CCOC(=O)OCCc1ccc([N+](=O)[O-])cc1. The van der Waals surface area contributed by atoms with E-state index in [1.807, 2.05) is 21.1 Å². The number of nitrogens with zero attached hydrogens (tertiary/aromatic N) is 2. The molecule has 0 aliphatic heterocycles. The first kappa shape index (κ1) is 16.9. The molecule has 0 spiro atoms. The van der Waals surface area contributed by atoms with Crippen molar-refractivity contribution in [1.82, 2.24) is 0 Å². The fraction of sp³-hybridized carbons (Fsp3) is 0.500. The van der Waals surface area contributed by atoms with Gasteiger partial charge in [0, 0.05) is 18.6 Å². The molecule has 1 rings (SSSR count). The molecule has 0 aromatic heterocycles. The summed E-state index contributed by atoms with van der Waals surface area (Å²) in [7, 11) is 6.01. The van der Waals surface area contributed by atoms with Crippen LogP contribution in [0.3, 0.4) is 0 Å². The second-order valence-electron chi connectivity index (χ2n) is 5.63. The first-order valence-corrected chi connectivity index (χ1v) is 6.61. The number of carbonyl (C=O) groups is 1. The fourth-order valence-electron chi connectivity index (χ4n) is 1.48. The number of likely N-dealkylation sites (N-methyl/N-ethyl adjacent to an activating group) is 1. The van der Waals surface area contributed by atoms with Crippen molar-refractivity contribution in [2.45, 2.75) is 6.42 Å². The van der Waals surface area contributed by atoms with Gasteiger partial charge in [0.1, 0.15) is 13.2 Å². The molecule has 0 saturated carbocycles. The molecule has 0 unspecified atom stereocenters. The lowest BCUT2D eigenvalue weighted by Gasteiger charge is -2.23. The maximum absolute atomic E-state index is 11.3. The van der Waals surface area contributed by atoms with Crippen LogP contribution >= 0.6 is 0 Å². The van der Waals surface area contributed by atoms with Gasteiger partial charge in [-0.2, -0.15) is 0 Å². The van der Waals surface area contributed by atoms with Crippen molar-refractivity contribution in [2.75, 3.05) is 40.9 Å². The standard InChI is InChI=1S/C14H21N2O5/c1-16(2,3)9-11-21-14(17)20-10-8-12-4-6-13(7-5-12)15(18)19/h4-7H,8-11H2,1-3H3/q+1. The molecule has 0 bridgehead atoms. The zero-order chi connectivity index (χ0) is 15.9. The van der Waals surface area contributed by atoms with Gasteiger partial charge in [0.2, 0.25) is 0 Å². The molecule has 1 aromatic rings. The van der Waals surface area contributed by atoms with Crippen molar-refractivity contribution in [3.63, 3.8) is 0 Å². The van der Waals surface area contributed by atoms with E-state index < -0.39 is 11.1 Å². The van der Waals surface area contributed by atoms with Gasteiger partial charge >= 0.3 is 6.16 Å².